The third kappa shape index (κ3) is 2.99. The number of ether oxygens (including phenoxy) is 1. The molecule has 0 atom stereocenters. The van der Waals surface area contributed by atoms with Crippen molar-refractivity contribution in [1.82, 2.24) is 4.98 Å². The van der Waals surface area contributed by atoms with E-state index in [2.05, 4.69) is 9.72 Å². The number of anilines is 1. The molecule has 11 heteroatoms. The number of nitrogens with two attached hydrogens (primary N) is 2. The van der Waals surface area contributed by atoms with Gasteiger partial charge in [0.2, 0.25) is 15.9 Å². The highest BCUT2D eigenvalue weighted by Crippen LogP contribution is 2.31. The van der Waals surface area contributed by atoms with Gasteiger partial charge in [-0.1, -0.05) is 0 Å². The van der Waals surface area contributed by atoms with Gasteiger partial charge >= 0.3 is 6.36 Å². The Hall–Kier alpha value is -2.06. The van der Waals surface area contributed by atoms with E-state index >= 15 is 0 Å². The number of nitriles is 1. The Kier molecular flexibility index (Phi) is 3.36. The van der Waals surface area contributed by atoms with Crippen LogP contribution in [0.5, 0.6) is 5.88 Å². The number of rotatable bonds is 2. The van der Waals surface area contributed by atoms with Crippen molar-refractivity contribution < 1.29 is 26.3 Å². The van der Waals surface area contributed by atoms with Crippen LogP contribution < -0.4 is 15.6 Å². The van der Waals surface area contributed by atoms with E-state index in [4.69, 9.17) is 16.1 Å². The van der Waals surface area contributed by atoms with Crippen LogP contribution in [0.15, 0.2) is 11.1 Å². The number of nitrogen functional groups attached to an aromatic ring is 1. The maximum Gasteiger partial charge on any atom is 0.574 e. The molecule has 0 spiro atoms. The first-order chi connectivity index (χ1) is 8.06. The van der Waals surface area contributed by atoms with E-state index in [0.29, 0.717) is 6.20 Å². The van der Waals surface area contributed by atoms with Crippen LogP contribution in [-0.4, -0.2) is 19.8 Å². The summed E-state index contributed by atoms with van der Waals surface area (Å²) in [5, 5.41) is 13.4. The highest BCUT2D eigenvalue weighted by atomic mass is 32.2. The molecule has 1 aromatic heterocycles. The third-order valence-electron chi connectivity index (χ3n) is 1.64. The van der Waals surface area contributed by atoms with Crippen LogP contribution in [0.4, 0.5) is 18.9 Å². The zero-order valence-corrected chi connectivity index (χ0v) is 9.21. The summed E-state index contributed by atoms with van der Waals surface area (Å²) in [6.45, 7) is 0. The lowest BCUT2D eigenvalue weighted by atomic mass is 10.2. The largest absolute Gasteiger partial charge is 0.574 e. The van der Waals surface area contributed by atoms with E-state index in [9.17, 15) is 21.6 Å². The number of primary sulfonamides is 1. The van der Waals surface area contributed by atoms with Crippen LogP contribution in [0.3, 0.4) is 0 Å². The highest BCUT2D eigenvalue weighted by Gasteiger charge is 2.36. The molecule has 0 saturated heterocycles. The summed E-state index contributed by atoms with van der Waals surface area (Å²) >= 11 is 0. The maximum absolute atomic E-state index is 12.0. The number of pyridine rings is 1. The molecule has 1 aromatic rings. The smallest absolute Gasteiger partial charge is 0.396 e. The molecule has 18 heavy (non-hydrogen) atoms. The van der Waals surface area contributed by atoms with Crippen molar-refractivity contribution in [2.75, 3.05) is 5.73 Å². The van der Waals surface area contributed by atoms with E-state index in [1.54, 1.807) is 0 Å². The predicted molar refractivity (Wildman–Crippen MR) is 51.4 cm³/mol. The molecular weight excluding hydrogens is 277 g/mol. The van der Waals surface area contributed by atoms with Crippen LogP contribution in [0.25, 0.3) is 0 Å². The Morgan fingerprint density at radius 3 is 2.39 bits per heavy atom. The van der Waals surface area contributed by atoms with Crippen molar-refractivity contribution in [3.05, 3.63) is 11.8 Å². The van der Waals surface area contributed by atoms with Gasteiger partial charge in [-0.15, -0.1) is 13.2 Å². The van der Waals surface area contributed by atoms with E-state index in [1.165, 1.54) is 6.07 Å². The van der Waals surface area contributed by atoms with Crippen molar-refractivity contribution in [3.8, 4) is 11.9 Å². The van der Waals surface area contributed by atoms with E-state index in [0.717, 1.165) is 0 Å². The first-order valence-corrected chi connectivity index (χ1v) is 5.58. The Labute approximate surface area is 98.8 Å². The topological polar surface area (TPSA) is 132 Å². The molecule has 7 nitrogen and oxygen atoms in total. The van der Waals surface area contributed by atoms with Crippen molar-refractivity contribution in [3.63, 3.8) is 0 Å². The Bertz CT molecular complexity index is 620. The zero-order chi connectivity index (χ0) is 14.1. The van der Waals surface area contributed by atoms with Gasteiger partial charge in [0.15, 0.2) is 4.90 Å². The van der Waals surface area contributed by atoms with Crippen molar-refractivity contribution in [2.45, 2.75) is 11.3 Å². The minimum atomic E-state index is -5.19. The Morgan fingerprint density at radius 2 is 2.00 bits per heavy atom. The van der Waals surface area contributed by atoms with E-state index in [1.807, 2.05) is 0 Å². The van der Waals surface area contributed by atoms with E-state index < -0.39 is 38.4 Å². The van der Waals surface area contributed by atoms with Gasteiger partial charge < -0.3 is 10.5 Å². The number of halogens is 3. The van der Waals surface area contributed by atoms with Crippen molar-refractivity contribution in [1.29, 1.82) is 5.26 Å². The summed E-state index contributed by atoms with van der Waals surface area (Å²) in [5.41, 5.74) is 4.03. The monoisotopic (exact) mass is 282 g/mol. The van der Waals surface area contributed by atoms with Crippen LogP contribution >= 0.6 is 0 Å². The summed E-state index contributed by atoms with van der Waals surface area (Å²) in [7, 11) is -4.66. The molecule has 0 aliphatic carbocycles. The fourth-order valence-corrected chi connectivity index (χ4v) is 1.84. The van der Waals surface area contributed by atoms with Gasteiger partial charge in [-0.05, 0) is 0 Å². The fourth-order valence-electron chi connectivity index (χ4n) is 1.05. The molecule has 0 bridgehead atoms. The fraction of sp³-hybridized carbons (Fsp3) is 0.143. The molecule has 0 aliphatic rings. The molecule has 4 N–H and O–H groups in total. The highest BCUT2D eigenvalue weighted by molar-refractivity contribution is 7.89. The maximum atomic E-state index is 12.0. The Balaban J connectivity index is 3.61. The molecule has 1 rings (SSSR count). The average molecular weight is 282 g/mol. The lowest BCUT2D eigenvalue weighted by Gasteiger charge is -2.12. The first kappa shape index (κ1) is 14.0. The number of nitrogens with zero attached hydrogens (tertiary/aromatic N) is 2. The molecule has 1 heterocycles. The van der Waals surface area contributed by atoms with Crippen molar-refractivity contribution in [2.24, 2.45) is 5.14 Å². The molecule has 0 aliphatic heterocycles. The lowest BCUT2D eigenvalue weighted by Crippen LogP contribution is -2.23. The standard InChI is InChI=1S/C7H5F3N4O3S/c8-7(9,10)17-6-5(18(13,15)16)3(1-11)4(12)2-14-6/h2H,12H2,(H2,13,15,16). The zero-order valence-electron chi connectivity index (χ0n) is 8.39. The second-order valence-corrected chi connectivity index (χ2v) is 4.43. The number of hydrogen-bond acceptors (Lipinski definition) is 6. The molecule has 0 unspecified atom stereocenters. The van der Waals surface area contributed by atoms with Gasteiger partial charge in [-0.25, -0.2) is 18.5 Å². The first-order valence-electron chi connectivity index (χ1n) is 4.03. The summed E-state index contributed by atoms with van der Waals surface area (Å²) < 4.78 is 61.8. The number of sulfonamides is 1. The molecule has 0 saturated carbocycles. The number of aromatic nitrogens is 1. The third-order valence-corrected chi connectivity index (χ3v) is 2.59. The molecule has 0 radical (unpaired) electrons. The molecule has 0 fully saturated rings. The van der Waals surface area contributed by atoms with Crippen LogP contribution in [0, 0.1) is 11.3 Å². The molecule has 98 valence electrons. The summed E-state index contributed by atoms with van der Waals surface area (Å²) in [5.74, 6) is -1.35. The lowest BCUT2D eigenvalue weighted by molar-refractivity contribution is -0.277. The summed E-state index contributed by atoms with van der Waals surface area (Å²) in [6, 6.07) is 1.33. The van der Waals surface area contributed by atoms with Gasteiger partial charge in [0.05, 0.1) is 11.9 Å². The average Bonchev–Trinajstić information content (AvgIpc) is 2.16. The molecule has 0 amide bonds. The minimum absolute atomic E-state index is 0.434. The van der Waals surface area contributed by atoms with Gasteiger partial charge in [-0.2, -0.15) is 5.26 Å². The second-order valence-electron chi connectivity index (χ2n) is 2.93. The Morgan fingerprint density at radius 1 is 1.44 bits per heavy atom. The summed E-state index contributed by atoms with van der Waals surface area (Å²) in [6.07, 6.45) is -4.52. The number of hydrogen-bond donors (Lipinski definition) is 2. The van der Waals surface area contributed by atoms with Crippen LogP contribution in [-0.2, 0) is 10.0 Å². The SMILES string of the molecule is N#Cc1c(N)cnc(OC(F)(F)F)c1S(N)(=O)=O. The molecule has 0 aromatic carbocycles. The van der Waals surface area contributed by atoms with E-state index in [-0.39, 0.29) is 0 Å². The normalized spacial score (nSPS) is 11.9. The molecular formula is C7H5F3N4O3S. The van der Waals surface area contributed by atoms with Gasteiger partial charge in [-0.3, -0.25) is 0 Å². The van der Waals surface area contributed by atoms with Crippen LogP contribution in [0.2, 0.25) is 0 Å². The van der Waals surface area contributed by atoms with Gasteiger partial charge in [0, 0.05) is 0 Å². The van der Waals surface area contributed by atoms with Crippen molar-refractivity contribution >= 4 is 15.7 Å². The second kappa shape index (κ2) is 4.31. The summed E-state index contributed by atoms with van der Waals surface area (Å²) in [4.78, 5) is 1.85. The predicted octanol–water partition coefficient (Wildman–Crippen LogP) is 0.0815. The van der Waals surface area contributed by atoms with Gasteiger partial charge in [0.25, 0.3) is 0 Å². The minimum Gasteiger partial charge on any atom is -0.396 e. The quantitative estimate of drug-likeness (QED) is 0.789. The number of alkyl halides is 3. The van der Waals surface area contributed by atoms with Crippen LogP contribution in [0.1, 0.15) is 5.56 Å². The van der Waals surface area contributed by atoms with Gasteiger partial charge in [0.1, 0.15) is 11.6 Å².